The van der Waals surface area contributed by atoms with Crippen molar-refractivity contribution in [1.82, 2.24) is 25.0 Å². The minimum Gasteiger partial charge on any atom is -0.394 e. The van der Waals surface area contributed by atoms with E-state index >= 15 is 0 Å². The molecular formula is C23H28F2N6O4S. The number of benzene rings is 1. The highest BCUT2D eigenvalue weighted by Gasteiger charge is 2.45. The van der Waals surface area contributed by atoms with Crippen molar-refractivity contribution >= 4 is 28.7 Å². The molecule has 0 spiro atoms. The van der Waals surface area contributed by atoms with E-state index in [1.165, 1.54) is 0 Å². The number of thioether (sulfide) groups is 1. The summed E-state index contributed by atoms with van der Waals surface area (Å²) in [7, 11) is 0. The first-order valence-corrected chi connectivity index (χ1v) is 10.6. The molecule has 2 saturated carbocycles. The molecule has 6 atom stereocenters. The fourth-order valence-electron chi connectivity index (χ4n) is 2.99. The van der Waals surface area contributed by atoms with Crippen LogP contribution in [0.4, 0.5) is 14.6 Å². The second-order valence-electron chi connectivity index (χ2n) is 6.81. The number of aromatic nitrogens is 5. The summed E-state index contributed by atoms with van der Waals surface area (Å²) in [5.74, 6) is -8.49. The smallest absolute Gasteiger partial charge is 0.191 e. The third kappa shape index (κ3) is 4.90. The van der Waals surface area contributed by atoms with Crippen LogP contribution in [-0.2, 0) is 4.74 Å². The van der Waals surface area contributed by atoms with Crippen LogP contribution in [0.1, 0.15) is 70.9 Å². The maximum atomic E-state index is 14.7. The molecule has 2 fully saturated rings. The molecule has 5 rings (SSSR count). The van der Waals surface area contributed by atoms with Crippen LogP contribution in [0.5, 0.6) is 0 Å². The van der Waals surface area contributed by atoms with Crippen molar-refractivity contribution in [2.75, 3.05) is 24.2 Å². The van der Waals surface area contributed by atoms with E-state index < -0.39 is 150 Å². The molecule has 0 aliphatic heterocycles. The zero-order valence-corrected chi connectivity index (χ0v) is 18.4. The summed E-state index contributed by atoms with van der Waals surface area (Å²) >= 11 is -0.425. The van der Waals surface area contributed by atoms with E-state index in [0.717, 1.165) is 0 Å². The predicted octanol–water partition coefficient (Wildman–Crippen LogP) is 2.01. The lowest BCUT2D eigenvalue weighted by Gasteiger charge is -2.17. The van der Waals surface area contributed by atoms with Crippen LogP contribution in [0.15, 0.2) is 23.3 Å². The first kappa shape index (κ1) is 10.7. The molecule has 2 aliphatic carbocycles. The van der Waals surface area contributed by atoms with E-state index in [2.05, 4.69) is 20.3 Å². The number of aliphatic hydroxyl groups is 3. The molecule has 3 aromatic rings. The molecule has 2 heterocycles. The highest BCUT2D eigenvalue weighted by atomic mass is 32.2. The number of fused-ring (bicyclic) bond motifs is 1. The minimum absolute atomic E-state index is 0.143. The summed E-state index contributed by atoms with van der Waals surface area (Å²) < 4.78 is 199. The van der Waals surface area contributed by atoms with Gasteiger partial charge in [0.25, 0.3) is 0 Å². The van der Waals surface area contributed by atoms with E-state index in [9.17, 15) is 24.1 Å². The molecule has 0 amide bonds. The van der Waals surface area contributed by atoms with Gasteiger partial charge in [-0.2, -0.15) is 0 Å². The maximum Gasteiger partial charge on any atom is 0.191 e. The summed E-state index contributed by atoms with van der Waals surface area (Å²) in [6, 6.07) is -11.8. The molecule has 2 aromatic heterocycles. The highest BCUT2D eigenvalue weighted by molar-refractivity contribution is 7.99. The molecule has 194 valence electrons. The Bertz CT molecular complexity index is 2100. The van der Waals surface area contributed by atoms with E-state index in [0.29, 0.717) is 0 Å². The summed E-state index contributed by atoms with van der Waals surface area (Å²) in [4.78, 5) is 7.63. The van der Waals surface area contributed by atoms with Crippen molar-refractivity contribution in [3.8, 4) is 0 Å². The number of hydrogen-bond donors (Lipinski definition) is 4. The van der Waals surface area contributed by atoms with Crippen molar-refractivity contribution in [2.45, 2.75) is 67.3 Å². The van der Waals surface area contributed by atoms with Gasteiger partial charge in [0.2, 0.25) is 0 Å². The van der Waals surface area contributed by atoms with Gasteiger partial charge in [-0.1, -0.05) is 29.9 Å². The summed E-state index contributed by atoms with van der Waals surface area (Å²) in [6.45, 7) is -5.65. The van der Waals surface area contributed by atoms with E-state index in [1.807, 2.05) is 5.32 Å². The lowest BCUT2D eigenvalue weighted by molar-refractivity contribution is -0.0629. The third-order valence-electron chi connectivity index (χ3n) is 4.57. The van der Waals surface area contributed by atoms with Crippen molar-refractivity contribution in [1.29, 1.82) is 0 Å². The van der Waals surface area contributed by atoms with Crippen molar-refractivity contribution in [2.24, 2.45) is 0 Å². The molecule has 0 bridgehead atoms. The fraction of sp³-hybridized carbons (Fsp3) is 0.565. The number of nitrogens with zero attached hydrogens (tertiary/aromatic N) is 5. The van der Waals surface area contributed by atoms with Crippen LogP contribution in [0.3, 0.4) is 0 Å². The van der Waals surface area contributed by atoms with Gasteiger partial charge in [-0.15, -0.1) is 5.10 Å². The predicted molar refractivity (Wildman–Crippen MR) is 128 cm³/mol. The summed E-state index contributed by atoms with van der Waals surface area (Å²) in [5, 5.41) is 39.4. The quantitative estimate of drug-likeness (QED) is 0.222. The Labute approximate surface area is 238 Å². The zero-order chi connectivity index (χ0) is 43.2. The Morgan fingerprint density at radius 3 is 3.00 bits per heavy atom. The van der Waals surface area contributed by atoms with Gasteiger partial charge in [-0.3, -0.25) is 0 Å². The molecule has 1 aromatic carbocycles. The Morgan fingerprint density at radius 1 is 1.33 bits per heavy atom. The number of nitrogens with one attached hydrogen (secondary N) is 1. The Balaban J connectivity index is 1.81. The van der Waals surface area contributed by atoms with Gasteiger partial charge in [0, 0.05) is 40.4 Å². The Morgan fingerprint density at radius 2 is 2.19 bits per heavy atom. The average Bonchev–Trinajstić information content (AvgIpc) is 3.34. The van der Waals surface area contributed by atoms with E-state index in [4.69, 9.17) is 32.2 Å². The zero-order valence-electron chi connectivity index (χ0n) is 37.6. The van der Waals surface area contributed by atoms with Crippen molar-refractivity contribution < 1.29 is 56.3 Å². The second-order valence-corrected chi connectivity index (χ2v) is 7.58. The SMILES string of the molecule is [2H]c1c([2H])c(C2([2H])C([2H])([2H])[C@]2([2H])Nc2nc(SC([2H])([2H])C([2H])([2H])C([2H])([2H])[2H])nc3c2nnn3[C@]2([2H])C([2H])([2H])[C@]([2H])(OCCO)[C@@]([2H])(O)[C@@]2([2H])O)c([2H])c(F)c1F. The minimum atomic E-state index is -4.25. The fourth-order valence-corrected chi connectivity index (χ4v) is 3.40. The van der Waals surface area contributed by atoms with Gasteiger partial charge in [-0.05, 0) is 30.4 Å². The molecule has 10 nitrogen and oxygen atoms in total. The Hall–Kier alpha value is -2.45. The molecular weight excluding hydrogens is 494 g/mol. The molecule has 0 radical (unpaired) electrons. The van der Waals surface area contributed by atoms with Gasteiger partial charge >= 0.3 is 0 Å². The number of rotatable bonds is 10. The van der Waals surface area contributed by atoms with Gasteiger partial charge in [0.05, 0.1) is 36.3 Å². The van der Waals surface area contributed by atoms with Gasteiger partial charge in [-0.25, -0.2) is 23.4 Å². The number of aliphatic hydroxyl groups excluding tert-OH is 1. The first-order valence-electron chi connectivity index (χ1n) is 19.8. The van der Waals surface area contributed by atoms with E-state index in [-0.39, 0.29) is 4.68 Å². The lowest BCUT2D eigenvalue weighted by Crippen LogP contribution is -2.33. The molecule has 2 aliphatic rings. The normalized spacial score (nSPS) is 51.9. The molecule has 36 heavy (non-hydrogen) atoms. The standard InChI is InChI=1S/C23H28F2N6O4S/c1-2-7-36-23-27-21(26-15-9-12(15)11-3-4-13(24)14(25)8-11)18-22(28-23)31(30-29-18)16-10-17(35-6-5-32)20(34)19(16)33/h3-4,8,12,15-17,19-20,32-34H,2,5-7,9-10H2,1H3,(H,26,27,28)/t12?,15-,16+,17-,19-,20+/m0/s1/i1D3,2D2,3D,4D,7D2,8D,9D2,10D2,12D,15D,16D,17D,19D,20D. The summed E-state index contributed by atoms with van der Waals surface area (Å²) in [6.07, 6.45) is -23.3. The van der Waals surface area contributed by atoms with Crippen molar-refractivity contribution in [3.63, 3.8) is 0 Å². The molecule has 1 unspecified atom stereocenters. The largest absolute Gasteiger partial charge is 0.394 e. The van der Waals surface area contributed by atoms with Crippen LogP contribution in [-0.4, -0.2) is 83.5 Å². The van der Waals surface area contributed by atoms with Crippen LogP contribution in [0, 0.1) is 11.6 Å². The van der Waals surface area contributed by atoms with Crippen LogP contribution in [0.2, 0.25) is 0 Å². The topological polar surface area (TPSA) is 138 Å². The number of ether oxygens (including phenoxy) is 1. The number of anilines is 1. The van der Waals surface area contributed by atoms with Crippen LogP contribution < -0.4 is 5.32 Å². The molecule has 0 saturated heterocycles. The maximum absolute atomic E-state index is 14.7. The Kier molecular flexibility index (Phi) is 3.13. The van der Waals surface area contributed by atoms with Gasteiger partial charge < -0.3 is 25.4 Å². The highest BCUT2D eigenvalue weighted by Crippen LogP contribution is 2.44. The first-order chi connectivity index (χ1) is 25.0. The molecule has 4 N–H and O–H groups in total. The summed E-state index contributed by atoms with van der Waals surface area (Å²) in [5.41, 5.74) is -7.03. The second kappa shape index (κ2) is 10.5. The van der Waals surface area contributed by atoms with Gasteiger partial charge in [0.1, 0.15) is 12.2 Å². The number of hydrogen-bond acceptors (Lipinski definition) is 10. The van der Waals surface area contributed by atoms with E-state index in [1.54, 1.807) is 0 Å². The number of halogens is 2. The third-order valence-corrected chi connectivity index (χ3v) is 5.14. The molecule has 13 heteroatoms. The van der Waals surface area contributed by atoms with Gasteiger partial charge in [0.15, 0.2) is 33.8 Å². The van der Waals surface area contributed by atoms with Crippen LogP contribution >= 0.6 is 11.8 Å². The average molecular weight is 543 g/mol. The van der Waals surface area contributed by atoms with Crippen LogP contribution in [0.25, 0.3) is 11.2 Å². The van der Waals surface area contributed by atoms with Crippen molar-refractivity contribution in [3.05, 3.63) is 35.3 Å². The lowest BCUT2D eigenvalue weighted by atomic mass is 10.1. The monoisotopic (exact) mass is 542 g/mol.